The van der Waals surface area contributed by atoms with Crippen LogP contribution in [-0.2, 0) is 4.79 Å². The van der Waals surface area contributed by atoms with Gasteiger partial charge in [-0.1, -0.05) is 6.42 Å². The van der Waals surface area contributed by atoms with Crippen LogP contribution in [0.3, 0.4) is 0 Å². The maximum atomic E-state index is 11.7. The Kier molecular flexibility index (Phi) is 4.52. The zero-order valence-corrected chi connectivity index (χ0v) is 11.9. The van der Waals surface area contributed by atoms with Gasteiger partial charge in [0.25, 0.3) is 0 Å². The van der Waals surface area contributed by atoms with Crippen molar-refractivity contribution < 1.29 is 19.8 Å². The van der Waals surface area contributed by atoms with E-state index in [4.69, 9.17) is 5.11 Å². The van der Waals surface area contributed by atoms with Gasteiger partial charge in [-0.3, -0.25) is 4.79 Å². The van der Waals surface area contributed by atoms with Crippen molar-refractivity contribution in [2.24, 2.45) is 17.8 Å². The second kappa shape index (κ2) is 5.99. The van der Waals surface area contributed by atoms with Crippen LogP contribution < -0.4 is 10.6 Å². The molecule has 0 radical (unpaired) electrons. The minimum atomic E-state index is -1.42. The molecule has 4 atom stereocenters. The molecule has 114 valence electrons. The van der Waals surface area contributed by atoms with E-state index in [-0.39, 0.29) is 19.0 Å². The van der Waals surface area contributed by atoms with Gasteiger partial charge < -0.3 is 20.8 Å². The number of rotatable bonds is 6. The fourth-order valence-electron chi connectivity index (χ4n) is 3.57. The summed E-state index contributed by atoms with van der Waals surface area (Å²) in [7, 11) is 0. The number of carboxylic acids is 1. The van der Waals surface area contributed by atoms with Crippen LogP contribution in [0.15, 0.2) is 0 Å². The molecule has 6 heteroatoms. The van der Waals surface area contributed by atoms with Crippen LogP contribution in [0.2, 0.25) is 0 Å². The minimum Gasteiger partial charge on any atom is -0.481 e. The van der Waals surface area contributed by atoms with E-state index in [9.17, 15) is 14.7 Å². The monoisotopic (exact) mass is 284 g/mol. The Morgan fingerprint density at radius 2 is 2.00 bits per heavy atom. The highest BCUT2D eigenvalue weighted by atomic mass is 16.4. The van der Waals surface area contributed by atoms with Gasteiger partial charge in [-0.15, -0.1) is 0 Å². The molecule has 2 saturated carbocycles. The summed E-state index contributed by atoms with van der Waals surface area (Å²) in [6.07, 6.45) is 4.75. The lowest BCUT2D eigenvalue weighted by atomic mass is 9.89. The molecule has 4 N–H and O–H groups in total. The average molecular weight is 284 g/mol. The summed E-state index contributed by atoms with van der Waals surface area (Å²) < 4.78 is 0. The van der Waals surface area contributed by atoms with Crippen LogP contribution in [0.5, 0.6) is 0 Å². The van der Waals surface area contributed by atoms with Gasteiger partial charge in [0.05, 0.1) is 12.0 Å². The first-order chi connectivity index (χ1) is 9.35. The molecule has 2 amide bonds. The number of carbonyl (C=O) groups excluding carboxylic acids is 1. The van der Waals surface area contributed by atoms with E-state index in [0.717, 1.165) is 11.8 Å². The lowest BCUT2D eigenvalue weighted by molar-refractivity contribution is -0.141. The zero-order valence-electron chi connectivity index (χ0n) is 11.9. The molecule has 0 aliphatic heterocycles. The molecule has 20 heavy (non-hydrogen) atoms. The van der Waals surface area contributed by atoms with Crippen LogP contribution in [0.4, 0.5) is 4.79 Å². The number of hydrogen-bond acceptors (Lipinski definition) is 3. The van der Waals surface area contributed by atoms with Crippen molar-refractivity contribution in [2.45, 2.75) is 44.6 Å². The molecule has 0 saturated heterocycles. The molecule has 0 aromatic heterocycles. The van der Waals surface area contributed by atoms with Crippen LogP contribution in [0.25, 0.3) is 0 Å². The number of nitrogens with one attached hydrogen (secondary N) is 2. The van der Waals surface area contributed by atoms with Crippen molar-refractivity contribution in [2.75, 3.05) is 13.1 Å². The summed E-state index contributed by atoms with van der Waals surface area (Å²) >= 11 is 0. The normalized spacial score (nSPS) is 30.8. The zero-order chi connectivity index (χ0) is 14.8. The highest BCUT2D eigenvalue weighted by molar-refractivity contribution is 5.74. The van der Waals surface area contributed by atoms with Gasteiger partial charge in [-0.2, -0.15) is 0 Å². The standard InChI is InChI=1S/C14H24N2O4/c1-14(20,6-12(17)18)8-16-13(19)15-7-11-5-9-2-3-10(11)4-9/h9-11,20H,2-8H2,1H3,(H,17,18)(H2,15,16,19). The number of aliphatic hydroxyl groups is 1. The van der Waals surface area contributed by atoms with Crippen molar-refractivity contribution >= 4 is 12.0 Å². The molecule has 6 nitrogen and oxygen atoms in total. The second-order valence-corrected chi connectivity index (χ2v) is 6.57. The van der Waals surface area contributed by atoms with Crippen molar-refractivity contribution in [3.05, 3.63) is 0 Å². The van der Waals surface area contributed by atoms with Crippen molar-refractivity contribution in [3.8, 4) is 0 Å². The summed E-state index contributed by atoms with van der Waals surface area (Å²) in [5.41, 5.74) is -1.42. The van der Waals surface area contributed by atoms with Gasteiger partial charge in [-0.05, 0) is 43.9 Å². The molecule has 0 heterocycles. The molecule has 0 aromatic carbocycles. The fraction of sp³-hybridized carbons (Fsp3) is 0.857. The van der Waals surface area contributed by atoms with Crippen LogP contribution in [-0.4, -0.2) is 40.9 Å². The largest absolute Gasteiger partial charge is 0.481 e. The van der Waals surface area contributed by atoms with Gasteiger partial charge in [-0.25, -0.2) is 4.79 Å². The molecule has 2 fully saturated rings. The van der Waals surface area contributed by atoms with Gasteiger partial charge >= 0.3 is 12.0 Å². The quantitative estimate of drug-likeness (QED) is 0.583. The summed E-state index contributed by atoms with van der Waals surface area (Å²) in [5.74, 6) is 1.11. The van der Waals surface area contributed by atoms with Crippen LogP contribution in [0, 0.1) is 17.8 Å². The Bertz CT molecular complexity index is 383. The third-order valence-electron chi connectivity index (χ3n) is 4.57. The number of hydrogen-bond donors (Lipinski definition) is 4. The van der Waals surface area contributed by atoms with E-state index in [1.54, 1.807) is 0 Å². The van der Waals surface area contributed by atoms with Gasteiger partial charge in [0.1, 0.15) is 0 Å². The maximum absolute atomic E-state index is 11.7. The molecular formula is C14H24N2O4. The SMILES string of the molecule is CC(O)(CNC(=O)NCC1CC2CCC1C2)CC(=O)O. The van der Waals surface area contributed by atoms with Crippen molar-refractivity contribution in [1.29, 1.82) is 0 Å². The first-order valence-corrected chi connectivity index (χ1v) is 7.31. The van der Waals surface area contributed by atoms with E-state index >= 15 is 0 Å². The Balaban J connectivity index is 1.64. The Morgan fingerprint density at radius 1 is 1.25 bits per heavy atom. The molecule has 2 rings (SSSR count). The Hall–Kier alpha value is -1.30. The lowest BCUT2D eigenvalue weighted by Gasteiger charge is -2.24. The van der Waals surface area contributed by atoms with Crippen molar-refractivity contribution in [1.82, 2.24) is 10.6 Å². The predicted octanol–water partition coefficient (Wildman–Crippen LogP) is 0.947. The van der Waals surface area contributed by atoms with E-state index in [1.165, 1.54) is 32.6 Å². The molecule has 0 spiro atoms. The highest BCUT2D eigenvalue weighted by Crippen LogP contribution is 2.47. The molecule has 2 bridgehead atoms. The predicted molar refractivity (Wildman–Crippen MR) is 73.2 cm³/mol. The van der Waals surface area contributed by atoms with E-state index in [0.29, 0.717) is 12.5 Å². The minimum absolute atomic E-state index is 0.0676. The molecule has 4 unspecified atom stereocenters. The highest BCUT2D eigenvalue weighted by Gasteiger charge is 2.39. The van der Waals surface area contributed by atoms with Crippen LogP contribution in [0.1, 0.15) is 39.0 Å². The molecule has 2 aliphatic carbocycles. The van der Waals surface area contributed by atoms with Gasteiger partial charge in [0.15, 0.2) is 0 Å². The second-order valence-electron chi connectivity index (χ2n) is 6.57. The lowest BCUT2D eigenvalue weighted by Crippen LogP contribution is -2.46. The van der Waals surface area contributed by atoms with E-state index in [2.05, 4.69) is 10.6 Å². The summed E-state index contributed by atoms with van der Waals surface area (Å²) in [6, 6.07) is -0.335. The first-order valence-electron chi connectivity index (χ1n) is 7.31. The maximum Gasteiger partial charge on any atom is 0.314 e. The third kappa shape index (κ3) is 4.10. The Labute approximate surface area is 118 Å². The number of aliphatic carboxylic acids is 1. The Morgan fingerprint density at radius 3 is 2.55 bits per heavy atom. The molecular weight excluding hydrogens is 260 g/mol. The number of fused-ring (bicyclic) bond motifs is 2. The average Bonchev–Trinajstić information content (AvgIpc) is 2.94. The third-order valence-corrected chi connectivity index (χ3v) is 4.57. The molecule has 0 aromatic rings. The summed E-state index contributed by atoms with van der Waals surface area (Å²) in [6.45, 7) is 2.01. The summed E-state index contributed by atoms with van der Waals surface area (Å²) in [4.78, 5) is 22.2. The number of carboxylic acid groups (broad SMARTS) is 1. The van der Waals surface area contributed by atoms with Gasteiger partial charge in [0.2, 0.25) is 0 Å². The number of carbonyl (C=O) groups is 2. The van der Waals surface area contributed by atoms with E-state index in [1.807, 2.05) is 0 Å². The smallest absolute Gasteiger partial charge is 0.314 e. The first kappa shape index (κ1) is 15.1. The number of amides is 2. The van der Waals surface area contributed by atoms with E-state index < -0.39 is 11.6 Å². The fourth-order valence-corrected chi connectivity index (χ4v) is 3.57. The molecule has 2 aliphatic rings. The number of urea groups is 1. The topological polar surface area (TPSA) is 98.7 Å². The van der Waals surface area contributed by atoms with Crippen molar-refractivity contribution in [3.63, 3.8) is 0 Å². The van der Waals surface area contributed by atoms with Gasteiger partial charge in [0, 0.05) is 13.1 Å². The summed E-state index contributed by atoms with van der Waals surface area (Å²) in [5, 5.41) is 23.8. The van der Waals surface area contributed by atoms with Crippen LogP contribution >= 0.6 is 0 Å².